The van der Waals surface area contributed by atoms with Crippen LogP contribution >= 0.6 is 0 Å². The molecule has 0 spiro atoms. The summed E-state index contributed by atoms with van der Waals surface area (Å²) in [6, 6.07) is 20.6. The average molecular weight is 357 g/mol. The Balaban J connectivity index is 2.09. The molecule has 134 valence electrons. The van der Waals surface area contributed by atoms with Gasteiger partial charge in [-0.2, -0.15) is 0 Å². The second-order valence-corrected chi connectivity index (χ2v) is 5.98. The number of benzene rings is 3. The molecule has 5 nitrogen and oxygen atoms in total. The second-order valence-electron chi connectivity index (χ2n) is 5.98. The van der Waals surface area contributed by atoms with Crippen LogP contribution in [0.2, 0.25) is 0 Å². The van der Waals surface area contributed by atoms with Gasteiger partial charge in [-0.05, 0) is 29.3 Å². The first-order valence-electron chi connectivity index (χ1n) is 8.39. The standard InChI is InChI=1S/C22H19N3O2/c23-20-15-21(24)19(14-12-17-9-5-2-6-10-17)22(25(26)27)18(20)13-11-16-7-3-1-4-8-16/h1-15H,23-24H2/b13-11-,14-12+. The zero-order valence-corrected chi connectivity index (χ0v) is 14.6. The zero-order valence-electron chi connectivity index (χ0n) is 14.6. The van der Waals surface area contributed by atoms with E-state index in [9.17, 15) is 10.1 Å². The molecule has 0 amide bonds. The van der Waals surface area contributed by atoms with Crippen molar-refractivity contribution >= 4 is 41.4 Å². The molecule has 0 unspecified atom stereocenters. The number of nitrogens with zero attached hydrogens (tertiary/aromatic N) is 1. The molecule has 3 rings (SSSR count). The van der Waals surface area contributed by atoms with E-state index in [-0.39, 0.29) is 17.1 Å². The maximum atomic E-state index is 11.8. The summed E-state index contributed by atoms with van der Waals surface area (Å²) in [5.41, 5.74) is 15.0. The maximum absolute atomic E-state index is 11.8. The van der Waals surface area contributed by atoms with Crippen LogP contribution in [0.15, 0.2) is 66.7 Å². The maximum Gasteiger partial charge on any atom is 0.287 e. The zero-order chi connectivity index (χ0) is 19.2. The Morgan fingerprint density at radius 1 is 0.704 bits per heavy atom. The highest BCUT2D eigenvalue weighted by molar-refractivity contribution is 5.91. The molecule has 0 radical (unpaired) electrons. The van der Waals surface area contributed by atoms with Crippen LogP contribution in [0.4, 0.5) is 17.1 Å². The van der Waals surface area contributed by atoms with Crippen molar-refractivity contribution in [2.24, 2.45) is 0 Å². The lowest BCUT2D eigenvalue weighted by Gasteiger charge is -2.09. The van der Waals surface area contributed by atoms with Crippen LogP contribution in [0.1, 0.15) is 22.3 Å². The first-order chi connectivity index (χ1) is 13.1. The minimum Gasteiger partial charge on any atom is -0.398 e. The summed E-state index contributed by atoms with van der Waals surface area (Å²) in [5, 5.41) is 11.8. The Kier molecular flexibility index (Phi) is 5.33. The van der Waals surface area contributed by atoms with E-state index in [2.05, 4.69) is 0 Å². The Morgan fingerprint density at radius 2 is 1.11 bits per heavy atom. The SMILES string of the molecule is Nc1cc(N)c(/C=C/c2ccccc2)c([N+](=O)[O-])c1/C=C\c1ccccc1. The smallest absolute Gasteiger partial charge is 0.287 e. The van der Waals surface area contributed by atoms with Crippen molar-refractivity contribution < 1.29 is 4.92 Å². The van der Waals surface area contributed by atoms with Crippen LogP contribution in [0.5, 0.6) is 0 Å². The largest absolute Gasteiger partial charge is 0.398 e. The van der Waals surface area contributed by atoms with E-state index in [1.165, 1.54) is 0 Å². The van der Waals surface area contributed by atoms with Gasteiger partial charge >= 0.3 is 0 Å². The second kappa shape index (κ2) is 8.01. The summed E-state index contributed by atoms with van der Waals surface area (Å²) < 4.78 is 0. The van der Waals surface area contributed by atoms with Crippen LogP contribution in [0.3, 0.4) is 0 Å². The number of hydrogen-bond donors (Lipinski definition) is 2. The number of anilines is 2. The number of nitrogens with two attached hydrogens (primary N) is 2. The van der Waals surface area contributed by atoms with E-state index >= 15 is 0 Å². The summed E-state index contributed by atoms with van der Waals surface area (Å²) in [4.78, 5) is 11.4. The highest BCUT2D eigenvalue weighted by atomic mass is 16.6. The monoisotopic (exact) mass is 357 g/mol. The number of nitro groups is 1. The van der Waals surface area contributed by atoms with Crippen molar-refractivity contribution in [1.82, 2.24) is 0 Å². The van der Waals surface area contributed by atoms with Crippen LogP contribution in [-0.4, -0.2) is 4.92 Å². The normalized spacial score (nSPS) is 11.3. The van der Waals surface area contributed by atoms with E-state index in [1.54, 1.807) is 30.4 Å². The lowest BCUT2D eigenvalue weighted by atomic mass is 10.0. The van der Waals surface area contributed by atoms with Crippen LogP contribution in [-0.2, 0) is 0 Å². The van der Waals surface area contributed by atoms with Gasteiger partial charge in [0, 0.05) is 11.4 Å². The van der Waals surface area contributed by atoms with Gasteiger partial charge < -0.3 is 11.5 Å². The molecule has 0 saturated carbocycles. The van der Waals surface area contributed by atoms with Gasteiger partial charge in [0.15, 0.2) is 0 Å². The van der Waals surface area contributed by atoms with Gasteiger partial charge in [-0.25, -0.2) is 0 Å². The molecule has 0 aliphatic carbocycles. The number of rotatable bonds is 5. The van der Waals surface area contributed by atoms with Crippen molar-refractivity contribution in [1.29, 1.82) is 0 Å². The fourth-order valence-electron chi connectivity index (χ4n) is 2.78. The topological polar surface area (TPSA) is 95.2 Å². The predicted octanol–water partition coefficient (Wildman–Crippen LogP) is 5.10. The number of hydrogen-bond acceptors (Lipinski definition) is 4. The van der Waals surface area contributed by atoms with Crippen molar-refractivity contribution in [2.45, 2.75) is 0 Å². The number of nitrogen functional groups attached to an aromatic ring is 2. The fraction of sp³-hybridized carbons (Fsp3) is 0. The lowest BCUT2D eigenvalue weighted by molar-refractivity contribution is -0.385. The molecule has 0 aliphatic heterocycles. The van der Waals surface area contributed by atoms with E-state index in [4.69, 9.17) is 11.5 Å². The Hall–Kier alpha value is -3.86. The van der Waals surface area contributed by atoms with Gasteiger partial charge in [0.2, 0.25) is 0 Å². The lowest BCUT2D eigenvalue weighted by Crippen LogP contribution is -2.03. The molecule has 4 N–H and O–H groups in total. The van der Waals surface area contributed by atoms with Crippen molar-refractivity contribution in [3.8, 4) is 0 Å². The minimum atomic E-state index is -0.442. The average Bonchev–Trinajstić information content (AvgIpc) is 2.67. The predicted molar refractivity (Wildman–Crippen MR) is 113 cm³/mol. The molecule has 0 atom stereocenters. The van der Waals surface area contributed by atoms with Gasteiger partial charge in [0.1, 0.15) is 0 Å². The third-order valence-electron chi connectivity index (χ3n) is 4.11. The van der Waals surface area contributed by atoms with Crippen LogP contribution < -0.4 is 11.5 Å². The van der Waals surface area contributed by atoms with E-state index in [0.717, 1.165) is 11.1 Å². The molecule has 5 heteroatoms. The van der Waals surface area contributed by atoms with Gasteiger partial charge in [-0.3, -0.25) is 10.1 Å². The van der Waals surface area contributed by atoms with E-state index < -0.39 is 4.92 Å². The Bertz CT molecular complexity index is 937. The summed E-state index contributed by atoms with van der Waals surface area (Å²) in [7, 11) is 0. The molecule has 0 aromatic heterocycles. The molecular weight excluding hydrogens is 338 g/mol. The summed E-state index contributed by atoms with van der Waals surface area (Å²) in [6.45, 7) is 0. The third-order valence-corrected chi connectivity index (χ3v) is 4.11. The molecule has 27 heavy (non-hydrogen) atoms. The molecule has 0 fully saturated rings. The molecule has 0 aliphatic rings. The highest BCUT2D eigenvalue weighted by Crippen LogP contribution is 2.36. The molecule has 0 bridgehead atoms. The third kappa shape index (κ3) is 4.22. The van der Waals surface area contributed by atoms with Gasteiger partial charge in [0.05, 0.1) is 16.1 Å². The molecule has 3 aromatic carbocycles. The van der Waals surface area contributed by atoms with Crippen LogP contribution in [0.25, 0.3) is 24.3 Å². The first kappa shape index (κ1) is 17.9. The van der Waals surface area contributed by atoms with Crippen molar-refractivity contribution in [3.05, 3.63) is 99.1 Å². The van der Waals surface area contributed by atoms with E-state index in [0.29, 0.717) is 11.1 Å². The first-order valence-corrected chi connectivity index (χ1v) is 8.39. The van der Waals surface area contributed by atoms with Crippen molar-refractivity contribution in [3.63, 3.8) is 0 Å². The summed E-state index contributed by atoms with van der Waals surface area (Å²) in [5.74, 6) is 0. The Labute approximate surface area is 157 Å². The molecule has 3 aromatic rings. The van der Waals surface area contributed by atoms with Gasteiger partial charge in [0.25, 0.3) is 5.69 Å². The summed E-state index contributed by atoms with van der Waals surface area (Å²) >= 11 is 0. The van der Waals surface area contributed by atoms with Gasteiger partial charge in [-0.15, -0.1) is 0 Å². The highest BCUT2D eigenvalue weighted by Gasteiger charge is 2.22. The fourth-order valence-corrected chi connectivity index (χ4v) is 2.78. The van der Waals surface area contributed by atoms with Crippen LogP contribution in [0, 0.1) is 10.1 Å². The molecule has 0 saturated heterocycles. The molecular formula is C22H19N3O2. The minimum absolute atomic E-state index is 0.105. The van der Waals surface area contributed by atoms with E-state index in [1.807, 2.05) is 60.7 Å². The Morgan fingerprint density at radius 3 is 1.48 bits per heavy atom. The quantitative estimate of drug-likeness (QED) is 0.287. The van der Waals surface area contributed by atoms with Gasteiger partial charge in [-0.1, -0.05) is 72.8 Å². The van der Waals surface area contributed by atoms with Crippen molar-refractivity contribution in [2.75, 3.05) is 11.5 Å². The molecule has 0 heterocycles. The summed E-state index contributed by atoms with van der Waals surface area (Å²) in [6.07, 6.45) is 6.89. The number of nitro benzene ring substituents is 1.